The molecule has 0 radical (unpaired) electrons. The van der Waals surface area contributed by atoms with Gasteiger partial charge in [0.2, 0.25) is 17.7 Å². The minimum absolute atomic E-state index is 0.187. The second-order valence-electron chi connectivity index (χ2n) is 7.34. The van der Waals surface area contributed by atoms with E-state index < -0.39 is 60.8 Å². The third-order valence-corrected chi connectivity index (χ3v) is 4.58. The monoisotopic (exact) mass is 460 g/mol. The Bertz CT molecular complexity index is 631. The van der Waals surface area contributed by atoms with Crippen LogP contribution in [-0.4, -0.2) is 77.6 Å². The first kappa shape index (κ1) is 29.2. The van der Waals surface area contributed by atoms with Crippen molar-refractivity contribution in [1.29, 1.82) is 0 Å². The fourth-order valence-electron chi connectivity index (χ4n) is 2.77. The van der Waals surface area contributed by atoms with E-state index in [0.29, 0.717) is 45.2 Å². The number of carboxylic acid groups (broad SMARTS) is 2. The van der Waals surface area contributed by atoms with Crippen molar-refractivity contribution in [2.24, 2.45) is 17.2 Å². The first-order valence-corrected chi connectivity index (χ1v) is 10.6. The minimum atomic E-state index is -1.25. The van der Waals surface area contributed by atoms with Gasteiger partial charge in [-0.15, -0.1) is 0 Å². The van der Waals surface area contributed by atoms with Crippen LogP contribution in [0.25, 0.3) is 0 Å². The summed E-state index contributed by atoms with van der Waals surface area (Å²) >= 11 is 0. The molecule has 13 heteroatoms. The van der Waals surface area contributed by atoms with Gasteiger partial charge in [0.15, 0.2) is 0 Å². The second kappa shape index (κ2) is 16.9. The molecule has 0 rings (SSSR count). The van der Waals surface area contributed by atoms with Crippen LogP contribution in [0.2, 0.25) is 0 Å². The third-order valence-electron chi connectivity index (χ3n) is 4.58. The van der Waals surface area contributed by atoms with Crippen LogP contribution in [0.15, 0.2) is 0 Å². The molecule has 0 aliphatic rings. The first-order chi connectivity index (χ1) is 15.1. The summed E-state index contributed by atoms with van der Waals surface area (Å²) < 4.78 is 0. The lowest BCUT2D eigenvalue weighted by molar-refractivity contribution is -0.138. The molecular formula is C19H36N6O7. The van der Waals surface area contributed by atoms with Gasteiger partial charge in [-0.2, -0.15) is 0 Å². The highest BCUT2D eigenvalue weighted by Crippen LogP contribution is 2.06. The Morgan fingerprint density at radius 2 is 1.22 bits per heavy atom. The van der Waals surface area contributed by atoms with Crippen LogP contribution in [0.3, 0.4) is 0 Å². The van der Waals surface area contributed by atoms with Crippen molar-refractivity contribution >= 4 is 29.7 Å². The molecule has 0 aromatic heterocycles. The van der Waals surface area contributed by atoms with Gasteiger partial charge in [0.1, 0.15) is 18.6 Å². The largest absolute Gasteiger partial charge is 0.481 e. The molecule has 32 heavy (non-hydrogen) atoms. The summed E-state index contributed by atoms with van der Waals surface area (Å²) in [6.07, 6.45) is 2.28. The molecule has 11 N–H and O–H groups in total. The smallest absolute Gasteiger partial charge is 0.322 e. The SMILES string of the molecule is NCCCCC(N)C(=O)NC(CCC(=O)O)C(=O)NC(CCCCN)C(=O)NCC(=O)O. The molecule has 0 saturated carbocycles. The number of unbranched alkanes of at least 4 members (excludes halogenated alkanes) is 2. The van der Waals surface area contributed by atoms with Crippen LogP contribution in [0.1, 0.15) is 51.4 Å². The summed E-state index contributed by atoms with van der Waals surface area (Å²) in [5, 5.41) is 24.8. The lowest BCUT2D eigenvalue weighted by Crippen LogP contribution is -2.56. The molecule has 0 heterocycles. The van der Waals surface area contributed by atoms with E-state index in [-0.39, 0.29) is 12.8 Å². The van der Waals surface area contributed by atoms with E-state index >= 15 is 0 Å². The van der Waals surface area contributed by atoms with Gasteiger partial charge in [-0.1, -0.05) is 6.42 Å². The van der Waals surface area contributed by atoms with Crippen LogP contribution >= 0.6 is 0 Å². The fourth-order valence-corrected chi connectivity index (χ4v) is 2.77. The molecule has 0 aliphatic carbocycles. The molecule has 0 spiro atoms. The van der Waals surface area contributed by atoms with Gasteiger partial charge in [-0.05, 0) is 51.6 Å². The van der Waals surface area contributed by atoms with E-state index in [4.69, 9.17) is 27.4 Å². The number of nitrogens with two attached hydrogens (primary N) is 3. The van der Waals surface area contributed by atoms with E-state index in [0.717, 1.165) is 0 Å². The van der Waals surface area contributed by atoms with Crippen LogP contribution in [0, 0.1) is 0 Å². The number of aliphatic carboxylic acids is 2. The summed E-state index contributed by atoms with van der Waals surface area (Å²) in [6, 6.07) is -3.21. The molecule has 0 aromatic carbocycles. The molecule has 3 atom stereocenters. The summed E-state index contributed by atoms with van der Waals surface area (Å²) in [5.74, 6) is -4.51. The van der Waals surface area contributed by atoms with Gasteiger partial charge in [-0.25, -0.2) is 0 Å². The van der Waals surface area contributed by atoms with E-state index in [9.17, 15) is 24.0 Å². The quantitative estimate of drug-likeness (QED) is 0.101. The number of nitrogens with one attached hydrogen (secondary N) is 3. The maximum absolute atomic E-state index is 12.8. The topological polar surface area (TPSA) is 240 Å². The van der Waals surface area contributed by atoms with Gasteiger partial charge in [0.05, 0.1) is 6.04 Å². The third kappa shape index (κ3) is 13.5. The van der Waals surface area contributed by atoms with Crippen LogP contribution < -0.4 is 33.2 Å². The summed E-state index contributed by atoms with van der Waals surface area (Å²) in [6.45, 7) is 0.198. The molecule has 3 amide bonds. The molecule has 0 fully saturated rings. The standard InChI is InChI=1S/C19H36N6O7/c20-9-3-1-5-12(22)17(30)24-14(7-8-15(26)27)19(32)25-13(6-2-4-10-21)18(31)23-11-16(28)29/h12-14H,1-11,20-22H2,(H,23,31)(H,24,30)(H,25,32)(H,26,27)(H,28,29). The number of carbonyl (C=O) groups is 5. The Hall–Kier alpha value is -2.77. The maximum atomic E-state index is 12.8. The predicted octanol–water partition coefficient (Wildman–Crippen LogP) is -2.39. The summed E-state index contributed by atoms with van der Waals surface area (Å²) in [5.41, 5.74) is 16.7. The predicted molar refractivity (Wildman–Crippen MR) is 115 cm³/mol. The zero-order valence-electron chi connectivity index (χ0n) is 18.2. The molecule has 0 aliphatic heterocycles. The number of carboxylic acids is 2. The van der Waals surface area contributed by atoms with Crippen LogP contribution in [-0.2, 0) is 24.0 Å². The number of hydrogen-bond acceptors (Lipinski definition) is 8. The highest BCUT2D eigenvalue weighted by atomic mass is 16.4. The Morgan fingerprint density at radius 3 is 1.75 bits per heavy atom. The van der Waals surface area contributed by atoms with Crippen molar-refractivity contribution < 1.29 is 34.2 Å². The van der Waals surface area contributed by atoms with E-state index in [2.05, 4.69) is 16.0 Å². The summed E-state index contributed by atoms with van der Waals surface area (Å²) in [4.78, 5) is 59.1. The zero-order chi connectivity index (χ0) is 24.5. The van der Waals surface area contributed by atoms with Crippen molar-refractivity contribution in [3.63, 3.8) is 0 Å². The Balaban J connectivity index is 5.22. The van der Waals surface area contributed by atoms with Gasteiger partial charge in [0, 0.05) is 6.42 Å². The molecule has 13 nitrogen and oxygen atoms in total. The van der Waals surface area contributed by atoms with E-state index in [1.807, 2.05) is 0 Å². The van der Waals surface area contributed by atoms with Crippen LogP contribution in [0.4, 0.5) is 0 Å². The first-order valence-electron chi connectivity index (χ1n) is 10.6. The Kier molecular flexibility index (Phi) is 15.4. The van der Waals surface area contributed by atoms with Crippen LogP contribution in [0.5, 0.6) is 0 Å². The van der Waals surface area contributed by atoms with Gasteiger partial charge < -0.3 is 43.4 Å². The highest BCUT2D eigenvalue weighted by Gasteiger charge is 2.28. The van der Waals surface area contributed by atoms with Crippen molar-refractivity contribution in [3.05, 3.63) is 0 Å². The Labute approximate surface area is 186 Å². The number of amides is 3. The maximum Gasteiger partial charge on any atom is 0.322 e. The summed E-state index contributed by atoms with van der Waals surface area (Å²) in [7, 11) is 0. The zero-order valence-corrected chi connectivity index (χ0v) is 18.2. The number of rotatable bonds is 18. The average molecular weight is 461 g/mol. The molecule has 0 bridgehead atoms. The van der Waals surface area contributed by atoms with Gasteiger partial charge >= 0.3 is 11.9 Å². The normalized spacial score (nSPS) is 13.5. The Morgan fingerprint density at radius 1 is 0.688 bits per heavy atom. The van der Waals surface area contributed by atoms with Crippen molar-refractivity contribution in [3.8, 4) is 0 Å². The molecule has 184 valence electrons. The average Bonchev–Trinajstić information content (AvgIpc) is 2.73. The van der Waals surface area contributed by atoms with E-state index in [1.165, 1.54) is 0 Å². The highest BCUT2D eigenvalue weighted by molar-refractivity contribution is 5.93. The molecule has 0 saturated heterocycles. The van der Waals surface area contributed by atoms with Crippen molar-refractivity contribution in [1.82, 2.24) is 16.0 Å². The van der Waals surface area contributed by atoms with Gasteiger partial charge in [0.25, 0.3) is 0 Å². The fraction of sp³-hybridized carbons (Fsp3) is 0.737. The minimum Gasteiger partial charge on any atom is -0.481 e. The lowest BCUT2D eigenvalue weighted by Gasteiger charge is -2.24. The lowest BCUT2D eigenvalue weighted by atomic mass is 10.0. The van der Waals surface area contributed by atoms with Gasteiger partial charge in [-0.3, -0.25) is 24.0 Å². The van der Waals surface area contributed by atoms with Crippen molar-refractivity contribution in [2.75, 3.05) is 19.6 Å². The number of carbonyl (C=O) groups excluding carboxylic acids is 3. The molecular weight excluding hydrogens is 424 g/mol. The van der Waals surface area contributed by atoms with Crippen molar-refractivity contribution in [2.45, 2.75) is 69.5 Å². The molecule has 0 aromatic rings. The number of hydrogen-bond donors (Lipinski definition) is 8. The molecule has 3 unspecified atom stereocenters. The van der Waals surface area contributed by atoms with E-state index in [1.54, 1.807) is 0 Å². The second-order valence-corrected chi connectivity index (χ2v) is 7.34.